The standard InChI is InChI=1S/C19H23NO7/c1-7-4-9(3)19(24)6-10(20-27-19)12-14(22)15-8(2)5-18(12)16(25-15)11(13(7)21)17(23)26-18/h7-9,12,14-15,22,24H,4-6H2,1-3H3. The first-order valence-electron chi connectivity index (χ1n) is 9.52. The van der Waals surface area contributed by atoms with Gasteiger partial charge in [-0.05, 0) is 12.3 Å². The van der Waals surface area contributed by atoms with Crippen molar-refractivity contribution in [1.82, 2.24) is 0 Å². The summed E-state index contributed by atoms with van der Waals surface area (Å²) in [4.78, 5) is 31.2. The fraction of sp³-hybridized carbons (Fsp3) is 0.737. The maximum absolute atomic E-state index is 13.1. The molecular formula is C19H23NO7. The molecule has 2 N–H and O–H groups in total. The number of ketones is 1. The van der Waals surface area contributed by atoms with E-state index in [4.69, 9.17) is 14.3 Å². The lowest BCUT2D eigenvalue weighted by Crippen LogP contribution is -2.66. The number of aliphatic hydroxyl groups excluding tert-OH is 1. The number of ether oxygens (including phenoxy) is 2. The van der Waals surface area contributed by atoms with Gasteiger partial charge in [-0.25, -0.2) is 4.79 Å². The second-order valence-corrected chi connectivity index (χ2v) is 8.81. The van der Waals surface area contributed by atoms with Crippen LogP contribution in [0.5, 0.6) is 0 Å². The minimum atomic E-state index is -1.54. The topological polar surface area (TPSA) is 115 Å². The third kappa shape index (κ3) is 1.97. The van der Waals surface area contributed by atoms with Crippen molar-refractivity contribution in [3.8, 4) is 0 Å². The Hall–Kier alpha value is -1.93. The molecule has 6 aliphatic rings. The fourth-order valence-corrected chi connectivity index (χ4v) is 5.55. The lowest BCUT2D eigenvalue weighted by molar-refractivity contribution is -0.220. The Morgan fingerprint density at radius 3 is 2.70 bits per heavy atom. The van der Waals surface area contributed by atoms with E-state index in [9.17, 15) is 19.8 Å². The maximum atomic E-state index is 13.1. The zero-order valence-corrected chi connectivity index (χ0v) is 15.5. The third-order valence-electron chi connectivity index (χ3n) is 7.00. The van der Waals surface area contributed by atoms with E-state index in [0.29, 0.717) is 18.6 Å². The van der Waals surface area contributed by atoms with Gasteiger partial charge in [-0.15, -0.1) is 0 Å². The molecular weight excluding hydrogens is 354 g/mol. The van der Waals surface area contributed by atoms with Gasteiger partial charge in [0.05, 0.1) is 18.1 Å². The van der Waals surface area contributed by atoms with Crippen LogP contribution < -0.4 is 0 Å². The average molecular weight is 377 g/mol. The zero-order valence-electron chi connectivity index (χ0n) is 15.5. The lowest BCUT2D eigenvalue weighted by Gasteiger charge is -2.54. The Kier molecular flexibility index (Phi) is 3.25. The molecule has 0 radical (unpaired) electrons. The van der Waals surface area contributed by atoms with Crippen LogP contribution in [0.25, 0.3) is 0 Å². The van der Waals surface area contributed by atoms with E-state index in [1.54, 1.807) is 13.8 Å². The van der Waals surface area contributed by atoms with Crippen molar-refractivity contribution in [2.24, 2.45) is 28.8 Å². The molecule has 27 heavy (non-hydrogen) atoms. The van der Waals surface area contributed by atoms with Crippen molar-refractivity contribution in [2.45, 2.75) is 63.6 Å². The molecule has 1 saturated carbocycles. The van der Waals surface area contributed by atoms with Gasteiger partial charge in [-0.1, -0.05) is 25.9 Å². The second kappa shape index (κ2) is 5.11. The van der Waals surface area contributed by atoms with E-state index in [-0.39, 0.29) is 35.4 Å². The molecule has 8 nitrogen and oxygen atoms in total. The summed E-state index contributed by atoms with van der Waals surface area (Å²) in [6.07, 6.45) is -0.701. The van der Waals surface area contributed by atoms with E-state index in [0.717, 1.165) is 0 Å². The molecule has 0 amide bonds. The van der Waals surface area contributed by atoms with Crippen LogP contribution in [0.1, 0.15) is 40.0 Å². The van der Waals surface area contributed by atoms with Gasteiger partial charge < -0.3 is 24.5 Å². The van der Waals surface area contributed by atoms with Gasteiger partial charge in [0.25, 0.3) is 0 Å². The van der Waals surface area contributed by atoms with Crippen LogP contribution in [0.15, 0.2) is 16.5 Å². The minimum absolute atomic E-state index is 0.0465. The van der Waals surface area contributed by atoms with Crippen LogP contribution in [0.2, 0.25) is 0 Å². The van der Waals surface area contributed by atoms with E-state index in [1.165, 1.54) is 0 Å². The maximum Gasteiger partial charge on any atom is 0.346 e. The third-order valence-corrected chi connectivity index (χ3v) is 7.00. The molecule has 146 valence electrons. The molecule has 1 spiro atoms. The first kappa shape index (κ1) is 17.2. The normalized spacial score (nSPS) is 50.6. The highest BCUT2D eigenvalue weighted by atomic mass is 16.7. The van der Waals surface area contributed by atoms with Gasteiger partial charge in [0.15, 0.2) is 17.1 Å². The molecule has 8 unspecified atom stereocenters. The van der Waals surface area contributed by atoms with E-state index >= 15 is 0 Å². The number of hydrogen-bond acceptors (Lipinski definition) is 8. The molecule has 0 aromatic heterocycles. The zero-order chi connectivity index (χ0) is 19.3. The van der Waals surface area contributed by atoms with Gasteiger partial charge in [0.1, 0.15) is 17.8 Å². The van der Waals surface area contributed by atoms with Gasteiger partial charge in [-0.3, -0.25) is 4.79 Å². The van der Waals surface area contributed by atoms with Crippen LogP contribution in [0, 0.1) is 23.7 Å². The minimum Gasteiger partial charge on any atom is -0.486 e. The largest absolute Gasteiger partial charge is 0.486 e. The van der Waals surface area contributed by atoms with Crippen LogP contribution >= 0.6 is 0 Å². The monoisotopic (exact) mass is 377 g/mol. The Morgan fingerprint density at radius 2 is 1.96 bits per heavy atom. The Balaban J connectivity index is 1.73. The van der Waals surface area contributed by atoms with E-state index in [1.807, 2.05) is 6.92 Å². The lowest BCUT2D eigenvalue weighted by atomic mass is 9.62. The number of carbonyl (C=O) groups is 2. The van der Waals surface area contributed by atoms with Gasteiger partial charge in [0, 0.05) is 18.3 Å². The number of oxime groups is 1. The van der Waals surface area contributed by atoms with E-state index < -0.39 is 41.4 Å². The number of hydrogen-bond donors (Lipinski definition) is 2. The predicted molar refractivity (Wildman–Crippen MR) is 90.0 cm³/mol. The van der Waals surface area contributed by atoms with Crippen LogP contribution in [0.4, 0.5) is 0 Å². The number of aliphatic hydroxyl groups is 2. The van der Waals surface area contributed by atoms with Crippen molar-refractivity contribution in [3.05, 3.63) is 11.3 Å². The van der Waals surface area contributed by atoms with Crippen molar-refractivity contribution in [1.29, 1.82) is 0 Å². The molecule has 8 atom stereocenters. The number of Topliss-reactive ketones (excluding diaryl/α,β-unsaturated/α-hetero) is 1. The first-order chi connectivity index (χ1) is 12.7. The smallest absolute Gasteiger partial charge is 0.346 e. The summed E-state index contributed by atoms with van der Waals surface area (Å²) in [7, 11) is 0. The van der Waals surface area contributed by atoms with E-state index in [2.05, 4.69) is 5.16 Å². The second-order valence-electron chi connectivity index (χ2n) is 8.81. The summed E-state index contributed by atoms with van der Waals surface area (Å²) >= 11 is 0. The quantitative estimate of drug-likeness (QED) is 0.471. The summed E-state index contributed by atoms with van der Waals surface area (Å²) in [5, 5.41) is 26.0. The molecule has 0 aromatic carbocycles. The van der Waals surface area contributed by atoms with Crippen LogP contribution in [-0.4, -0.2) is 51.3 Å². The molecule has 8 heteroatoms. The van der Waals surface area contributed by atoms with Gasteiger partial charge in [-0.2, -0.15) is 0 Å². The summed E-state index contributed by atoms with van der Waals surface area (Å²) in [6.45, 7) is 5.43. The highest BCUT2D eigenvalue weighted by Crippen LogP contribution is 2.58. The molecule has 2 saturated heterocycles. The molecule has 4 aliphatic heterocycles. The van der Waals surface area contributed by atoms with Crippen molar-refractivity contribution < 1.29 is 34.1 Å². The van der Waals surface area contributed by atoms with Crippen molar-refractivity contribution in [2.75, 3.05) is 0 Å². The van der Waals surface area contributed by atoms with Crippen LogP contribution in [-0.2, 0) is 23.9 Å². The highest BCUT2D eigenvalue weighted by Gasteiger charge is 2.70. The Bertz CT molecular complexity index is 819. The van der Waals surface area contributed by atoms with Gasteiger partial charge >= 0.3 is 5.97 Å². The first-order valence-corrected chi connectivity index (χ1v) is 9.52. The van der Waals surface area contributed by atoms with Crippen LogP contribution in [0.3, 0.4) is 0 Å². The van der Waals surface area contributed by atoms with Crippen molar-refractivity contribution >= 4 is 17.5 Å². The molecule has 2 aliphatic carbocycles. The summed E-state index contributed by atoms with van der Waals surface area (Å²) < 4.78 is 11.8. The SMILES string of the molecule is CC1CC(C)C2(O)CC(=NO2)C2C(O)C3OC4=C(C(=O)OC42CC3C)C1=O. The number of rotatable bonds is 0. The number of fused-ring (bicyclic) bond motifs is 3. The number of carbonyl (C=O) groups excluding carboxylic acids is 2. The number of esters is 1. The predicted octanol–water partition coefficient (Wildman–Crippen LogP) is 0.662. The molecule has 4 heterocycles. The Labute approximate surface area is 156 Å². The summed E-state index contributed by atoms with van der Waals surface area (Å²) in [6, 6.07) is 0. The number of nitrogens with zero attached hydrogens (tertiary/aromatic N) is 1. The fourth-order valence-electron chi connectivity index (χ4n) is 5.55. The molecule has 0 aromatic rings. The summed E-state index contributed by atoms with van der Waals surface area (Å²) in [5.74, 6) is -4.03. The Morgan fingerprint density at radius 1 is 1.22 bits per heavy atom. The molecule has 7 bridgehead atoms. The van der Waals surface area contributed by atoms with Crippen molar-refractivity contribution in [3.63, 3.8) is 0 Å². The average Bonchev–Trinajstić information content (AvgIpc) is 3.11. The van der Waals surface area contributed by atoms with Gasteiger partial charge in [0.2, 0.25) is 5.79 Å². The molecule has 6 rings (SSSR count). The molecule has 3 fully saturated rings. The highest BCUT2D eigenvalue weighted by molar-refractivity contribution is 6.20. The summed E-state index contributed by atoms with van der Waals surface area (Å²) in [5.41, 5.74) is -0.864.